The van der Waals surface area contributed by atoms with Crippen LogP contribution < -0.4 is 10.6 Å². The monoisotopic (exact) mass is 455 g/mol. The molecule has 0 atom stereocenters. The molecule has 1 aromatic carbocycles. The van der Waals surface area contributed by atoms with Crippen LogP contribution in [0.4, 0.5) is 0 Å². The fraction of sp³-hybridized carbons (Fsp3) is 0.579. The van der Waals surface area contributed by atoms with Gasteiger partial charge in [0.2, 0.25) is 0 Å². The number of aromatic nitrogens is 2. The predicted molar refractivity (Wildman–Crippen MR) is 116 cm³/mol. The Kier molecular flexibility index (Phi) is 8.51. The van der Waals surface area contributed by atoms with Crippen LogP contribution in [-0.4, -0.2) is 34.6 Å². The van der Waals surface area contributed by atoms with Gasteiger partial charge in [0.05, 0.1) is 17.4 Å². The average Bonchev–Trinajstić information content (AvgIpc) is 3.03. The molecule has 1 fully saturated rings. The molecule has 2 aromatic rings. The number of hydrogen-bond donors (Lipinski definition) is 2. The summed E-state index contributed by atoms with van der Waals surface area (Å²) in [5.41, 5.74) is 2.27. The van der Waals surface area contributed by atoms with E-state index in [4.69, 9.17) is 4.99 Å². The third-order valence-corrected chi connectivity index (χ3v) is 4.64. The number of para-hydroxylation sites is 2. The van der Waals surface area contributed by atoms with Crippen molar-refractivity contribution >= 4 is 41.0 Å². The van der Waals surface area contributed by atoms with Gasteiger partial charge in [-0.2, -0.15) is 0 Å². The minimum Gasteiger partial charge on any atom is -0.357 e. The highest BCUT2D eigenvalue weighted by Gasteiger charge is 2.14. The lowest BCUT2D eigenvalue weighted by Crippen LogP contribution is -2.44. The number of aryl methyl sites for hydroxylation is 1. The number of guanidine groups is 1. The number of nitrogens with one attached hydrogen (secondary N) is 2. The summed E-state index contributed by atoms with van der Waals surface area (Å²) in [6.07, 6.45) is 9.54. The molecule has 0 bridgehead atoms. The summed E-state index contributed by atoms with van der Waals surface area (Å²) in [5, 5.41) is 6.97. The maximum Gasteiger partial charge on any atom is 0.191 e. The highest BCUT2D eigenvalue weighted by molar-refractivity contribution is 14.0. The van der Waals surface area contributed by atoms with Crippen LogP contribution in [0.1, 0.15) is 45.4 Å². The largest absolute Gasteiger partial charge is 0.357 e. The van der Waals surface area contributed by atoms with Gasteiger partial charge in [0.25, 0.3) is 0 Å². The van der Waals surface area contributed by atoms with Crippen molar-refractivity contribution in [3.8, 4) is 0 Å². The lowest BCUT2D eigenvalue weighted by Gasteiger charge is -2.24. The Hall–Kier alpha value is -1.31. The SMILES string of the molecule is CCNC(=NCCCn1cnc2ccccc21)NC1CCCCC1.I. The van der Waals surface area contributed by atoms with Crippen molar-refractivity contribution in [2.75, 3.05) is 13.1 Å². The van der Waals surface area contributed by atoms with Crippen LogP contribution >= 0.6 is 24.0 Å². The van der Waals surface area contributed by atoms with Crippen LogP contribution in [0.15, 0.2) is 35.6 Å². The van der Waals surface area contributed by atoms with Crippen molar-refractivity contribution in [3.63, 3.8) is 0 Å². The molecule has 0 radical (unpaired) electrons. The number of fused-ring (bicyclic) bond motifs is 1. The second-order valence-electron chi connectivity index (χ2n) is 6.52. The highest BCUT2D eigenvalue weighted by atomic mass is 127. The molecule has 1 aliphatic carbocycles. The lowest BCUT2D eigenvalue weighted by atomic mass is 9.96. The second-order valence-corrected chi connectivity index (χ2v) is 6.52. The molecule has 138 valence electrons. The summed E-state index contributed by atoms with van der Waals surface area (Å²) in [7, 11) is 0. The molecule has 0 amide bonds. The van der Waals surface area contributed by atoms with E-state index in [2.05, 4.69) is 45.3 Å². The van der Waals surface area contributed by atoms with Gasteiger partial charge in [-0.1, -0.05) is 31.4 Å². The van der Waals surface area contributed by atoms with Crippen molar-refractivity contribution in [2.45, 2.75) is 58.0 Å². The zero-order chi connectivity index (χ0) is 16.6. The maximum absolute atomic E-state index is 4.75. The number of aliphatic imine (C=N–C) groups is 1. The highest BCUT2D eigenvalue weighted by Crippen LogP contribution is 2.17. The quantitative estimate of drug-likeness (QED) is 0.301. The molecule has 5 nitrogen and oxygen atoms in total. The van der Waals surface area contributed by atoms with Gasteiger partial charge >= 0.3 is 0 Å². The Morgan fingerprint density at radius 1 is 1.24 bits per heavy atom. The molecule has 1 heterocycles. The Morgan fingerprint density at radius 2 is 2.04 bits per heavy atom. The van der Waals surface area contributed by atoms with E-state index in [1.807, 2.05) is 12.4 Å². The number of nitrogens with zero attached hydrogens (tertiary/aromatic N) is 3. The van der Waals surface area contributed by atoms with Gasteiger partial charge in [0, 0.05) is 25.7 Å². The van der Waals surface area contributed by atoms with E-state index < -0.39 is 0 Å². The summed E-state index contributed by atoms with van der Waals surface area (Å²) in [6.45, 7) is 4.81. The van der Waals surface area contributed by atoms with Crippen molar-refractivity contribution in [2.24, 2.45) is 4.99 Å². The standard InChI is InChI=1S/C19H29N5.HI/c1-2-20-19(23-16-9-4-3-5-10-16)21-13-8-14-24-15-22-17-11-6-7-12-18(17)24;/h6-7,11-12,15-16H,2-5,8-10,13-14H2,1H3,(H2,20,21,23);1H. The van der Waals surface area contributed by atoms with E-state index in [9.17, 15) is 0 Å². The molecule has 0 saturated heterocycles. The summed E-state index contributed by atoms with van der Waals surface area (Å²) < 4.78 is 2.21. The number of imidazole rings is 1. The van der Waals surface area contributed by atoms with Gasteiger partial charge in [0.1, 0.15) is 0 Å². The second kappa shape index (κ2) is 10.6. The Balaban J connectivity index is 0.00000225. The van der Waals surface area contributed by atoms with Gasteiger partial charge in [0.15, 0.2) is 5.96 Å². The van der Waals surface area contributed by atoms with Gasteiger partial charge in [-0.15, -0.1) is 24.0 Å². The maximum atomic E-state index is 4.75. The molecule has 2 N–H and O–H groups in total. The van der Waals surface area contributed by atoms with Crippen molar-refractivity contribution in [3.05, 3.63) is 30.6 Å². The predicted octanol–water partition coefficient (Wildman–Crippen LogP) is 3.93. The Bertz CT molecular complexity index is 661. The zero-order valence-electron chi connectivity index (χ0n) is 15.1. The van der Waals surface area contributed by atoms with Crippen LogP contribution in [0.2, 0.25) is 0 Å². The molecule has 1 saturated carbocycles. The fourth-order valence-corrected chi connectivity index (χ4v) is 3.38. The lowest BCUT2D eigenvalue weighted by molar-refractivity contribution is 0.410. The Morgan fingerprint density at radius 3 is 2.84 bits per heavy atom. The Labute approximate surface area is 167 Å². The zero-order valence-corrected chi connectivity index (χ0v) is 17.4. The smallest absolute Gasteiger partial charge is 0.191 e. The third-order valence-electron chi connectivity index (χ3n) is 4.64. The molecule has 25 heavy (non-hydrogen) atoms. The van der Waals surface area contributed by atoms with Crippen molar-refractivity contribution in [1.82, 2.24) is 20.2 Å². The van der Waals surface area contributed by atoms with E-state index in [-0.39, 0.29) is 24.0 Å². The molecular weight excluding hydrogens is 425 g/mol. The number of benzene rings is 1. The summed E-state index contributed by atoms with van der Waals surface area (Å²) in [6, 6.07) is 8.87. The average molecular weight is 455 g/mol. The van der Waals surface area contributed by atoms with E-state index in [0.29, 0.717) is 6.04 Å². The van der Waals surface area contributed by atoms with Gasteiger partial charge in [-0.05, 0) is 38.3 Å². The molecule has 1 aromatic heterocycles. The minimum atomic E-state index is 0. The summed E-state index contributed by atoms with van der Waals surface area (Å²) >= 11 is 0. The first-order valence-electron chi connectivity index (χ1n) is 9.31. The minimum absolute atomic E-state index is 0. The van der Waals surface area contributed by atoms with E-state index in [1.54, 1.807) is 0 Å². The van der Waals surface area contributed by atoms with E-state index in [1.165, 1.54) is 37.6 Å². The molecule has 6 heteroatoms. The molecule has 0 unspecified atom stereocenters. The fourth-order valence-electron chi connectivity index (χ4n) is 3.38. The van der Waals surface area contributed by atoms with Crippen LogP contribution in [-0.2, 0) is 6.54 Å². The molecule has 0 aliphatic heterocycles. The first-order valence-corrected chi connectivity index (χ1v) is 9.31. The van der Waals surface area contributed by atoms with Gasteiger partial charge in [-0.3, -0.25) is 4.99 Å². The summed E-state index contributed by atoms with van der Waals surface area (Å²) in [4.78, 5) is 9.19. The summed E-state index contributed by atoms with van der Waals surface area (Å²) in [5.74, 6) is 0.972. The van der Waals surface area contributed by atoms with Gasteiger partial charge in [-0.25, -0.2) is 4.98 Å². The molecule has 0 spiro atoms. The van der Waals surface area contributed by atoms with Crippen LogP contribution in [0.5, 0.6) is 0 Å². The topological polar surface area (TPSA) is 54.2 Å². The van der Waals surface area contributed by atoms with Crippen molar-refractivity contribution < 1.29 is 0 Å². The van der Waals surface area contributed by atoms with Crippen LogP contribution in [0, 0.1) is 0 Å². The first-order chi connectivity index (χ1) is 11.9. The normalized spacial score (nSPS) is 15.8. The number of rotatable bonds is 6. The molecular formula is C19H30IN5. The third kappa shape index (κ3) is 5.87. The molecule has 3 rings (SSSR count). The molecule has 1 aliphatic rings. The van der Waals surface area contributed by atoms with Crippen molar-refractivity contribution in [1.29, 1.82) is 0 Å². The van der Waals surface area contributed by atoms with Gasteiger partial charge < -0.3 is 15.2 Å². The number of halogens is 1. The first kappa shape index (κ1) is 20.0. The van der Waals surface area contributed by atoms with E-state index >= 15 is 0 Å². The van der Waals surface area contributed by atoms with Crippen LogP contribution in [0.3, 0.4) is 0 Å². The van der Waals surface area contributed by atoms with Crippen LogP contribution in [0.25, 0.3) is 11.0 Å². The number of hydrogen-bond acceptors (Lipinski definition) is 2. The van der Waals surface area contributed by atoms with E-state index in [0.717, 1.165) is 37.5 Å².